The highest BCUT2D eigenvalue weighted by Crippen LogP contribution is 2.24. The number of rotatable bonds is 5. The molecule has 0 aliphatic carbocycles. The number of nitrogens with two attached hydrogens (primary N) is 1. The van der Waals surface area contributed by atoms with Gasteiger partial charge in [-0.25, -0.2) is 9.82 Å². The molecule has 0 unspecified atom stereocenters. The number of carbonyl (C=O) groups is 1. The van der Waals surface area contributed by atoms with Crippen LogP contribution in [0.5, 0.6) is 5.75 Å². The summed E-state index contributed by atoms with van der Waals surface area (Å²) in [5.41, 5.74) is 8.91. The molecule has 0 saturated carbocycles. The number of nitrogens with zero attached hydrogens (tertiary/aromatic N) is 2. The number of guanidine groups is 1. The van der Waals surface area contributed by atoms with Gasteiger partial charge in [0, 0.05) is 35.6 Å². The molecule has 1 heterocycles. The number of hydrogen-bond acceptors (Lipinski definition) is 5. The second kappa shape index (κ2) is 8.38. The fraction of sp³-hybridized carbons (Fsp3) is 0.211. The van der Waals surface area contributed by atoms with Gasteiger partial charge in [0.15, 0.2) is 11.6 Å². The molecule has 1 aliphatic rings. The topological polar surface area (TPSA) is 127 Å². The Morgan fingerprint density at radius 3 is 2.57 bits per heavy atom. The highest BCUT2D eigenvalue weighted by Gasteiger charge is 2.15. The van der Waals surface area contributed by atoms with Crippen molar-refractivity contribution >= 4 is 29.5 Å². The molecule has 1 saturated heterocycles. The van der Waals surface area contributed by atoms with E-state index in [0.29, 0.717) is 5.69 Å². The lowest BCUT2D eigenvalue weighted by atomic mass is 10.1. The molecule has 1 amide bonds. The monoisotopic (exact) mass is 384 g/mol. The van der Waals surface area contributed by atoms with Gasteiger partial charge in [-0.15, -0.1) is 0 Å². The number of phenolic OH excluding ortho intramolecular Hbond substituents is 1. The van der Waals surface area contributed by atoms with E-state index in [-0.39, 0.29) is 11.1 Å². The molecular weight excluding hydrogens is 363 g/mol. The van der Waals surface area contributed by atoms with Crippen LogP contribution >= 0.6 is 0 Å². The van der Waals surface area contributed by atoms with Gasteiger partial charge in [-0.2, -0.15) is 5.10 Å². The number of anilines is 2. The normalized spacial score (nSPS) is 13.7. The minimum atomic E-state index is -0.957. The number of phenols is 1. The number of hydrogen-bond donors (Lipinski definition) is 5. The Morgan fingerprint density at radius 2 is 1.93 bits per heavy atom. The Labute approximate surface area is 161 Å². The minimum Gasteiger partial charge on any atom is -0.504 e. The van der Waals surface area contributed by atoms with Gasteiger partial charge in [0.05, 0.1) is 6.21 Å². The van der Waals surface area contributed by atoms with Crippen molar-refractivity contribution in [2.24, 2.45) is 10.8 Å². The van der Waals surface area contributed by atoms with Crippen molar-refractivity contribution in [2.45, 2.75) is 12.8 Å². The summed E-state index contributed by atoms with van der Waals surface area (Å²) in [6.07, 6.45) is 3.43. The zero-order chi connectivity index (χ0) is 20.1. The molecule has 8 nitrogen and oxygen atoms in total. The van der Waals surface area contributed by atoms with Gasteiger partial charge in [-0.3, -0.25) is 10.2 Å². The highest BCUT2D eigenvalue weighted by atomic mass is 19.1. The Kier molecular flexibility index (Phi) is 5.73. The maximum Gasteiger partial charge on any atom is 0.255 e. The summed E-state index contributed by atoms with van der Waals surface area (Å²) in [6.45, 7) is 2.06. The molecule has 6 N–H and O–H groups in total. The van der Waals surface area contributed by atoms with E-state index in [1.165, 1.54) is 18.9 Å². The summed E-state index contributed by atoms with van der Waals surface area (Å²) in [7, 11) is 0. The van der Waals surface area contributed by atoms with E-state index in [1.807, 2.05) is 12.1 Å². The van der Waals surface area contributed by atoms with Crippen LogP contribution in [-0.2, 0) is 0 Å². The third kappa shape index (κ3) is 4.56. The number of hydrazone groups is 1. The van der Waals surface area contributed by atoms with E-state index in [4.69, 9.17) is 11.1 Å². The van der Waals surface area contributed by atoms with E-state index in [1.54, 1.807) is 12.1 Å². The maximum atomic E-state index is 14.0. The average Bonchev–Trinajstić information content (AvgIpc) is 3.20. The molecule has 2 aromatic carbocycles. The predicted octanol–water partition coefficient (Wildman–Crippen LogP) is 2.20. The number of halogens is 1. The van der Waals surface area contributed by atoms with Crippen LogP contribution in [0.15, 0.2) is 41.5 Å². The lowest BCUT2D eigenvalue weighted by Gasteiger charge is -2.17. The first-order valence-electron chi connectivity index (χ1n) is 8.76. The smallest absolute Gasteiger partial charge is 0.255 e. The molecule has 0 spiro atoms. The molecular formula is C19H21FN6O2. The zero-order valence-electron chi connectivity index (χ0n) is 15.1. The molecule has 3 rings (SSSR count). The Hall–Kier alpha value is -3.62. The van der Waals surface area contributed by atoms with Gasteiger partial charge in [0.1, 0.15) is 0 Å². The van der Waals surface area contributed by atoms with Crippen molar-refractivity contribution in [3.8, 4) is 5.75 Å². The largest absolute Gasteiger partial charge is 0.504 e. The molecule has 146 valence electrons. The lowest BCUT2D eigenvalue weighted by Crippen LogP contribution is -2.25. The van der Waals surface area contributed by atoms with Crippen molar-refractivity contribution < 1.29 is 14.3 Å². The van der Waals surface area contributed by atoms with Crippen molar-refractivity contribution in [1.82, 2.24) is 5.43 Å². The van der Waals surface area contributed by atoms with Gasteiger partial charge in [0.25, 0.3) is 5.91 Å². The fourth-order valence-electron chi connectivity index (χ4n) is 2.96. The second-order valence-corrected chi connectivity index (χ2v) is 6.37. The Bertz CT molecular complexity index is 907. The molecule has 0 atom stereocenters. The molecule has 1 aliphatic heterocycles. The van der Waals surface area contributed by atoms with Crippen LogP contribution < -0.4 is 21.4 Å². The second-order valence-electron chi connectivity index (χ2n) is 6.37. The SMILES string of the molecule is N=C(N)NN=Cc1cc(C(=O)Nc2ccc(N3CCCC3)cc2)cc(F)c1O. The van der Waals surface area contributed by atoms with Crippen molar-refractivity contribution in [2.75, 3.05) is 23.3 Å². The quantitative estimate of drug-likeness (QED) is 0.307. The van der Waals surface area contributed by atoms with Crippen LogP contribution in [0.1, 0.15) is 28.8 Å². The molecule has 0 aromatic heterocycles. The third-order valence-corrected chi connectivity index (χ3v) is 4.34. The van der Waals surface area contributed by atoms with E-state index < -0.39 is 23.4 Å². The van der Waals surface area contributed by atoms with E-state index in [9.17, 15) is 14.3 Å². The maximum absolute atomic E-state index is 14.0. The first kappa shape index (κ1) is 19.2. The van der Waals surface area contributed by atoms with Crippen molar-refractivity contribution in [1.29, 1.82) is 5.41 Å². The molecule has 1 fully saturated rings. The van der Waals surface area contributed by atoms with Crippen LogP contribution in [-0.4, -0.2) is 36.3 Å². The Morgan fingerprint density at radius 1 is 1.25 bits per heavy atom. The summed E-state index contributed by atoms with van der Waals surface area (Å²) in [5, 5.41) is 23.1. The first-order valence-corrected chi connectivity index (χ1v) is 8.76. The van der Waals surface area contributed by atoms with Gasteiger partial charge >= 0.3 is 0 Å². The van der Waals surface area contributed by atoms with E-state index >= 15 is 0 Å². The zero-order valence-corrected chi connectivity index (χ0v) is 15.1. The molecule has 0 bridgehead atoms. The Balaban J connectivity index is 1.73. The van der Waals surface area contributed by atoms with Crippen LogP contribution in [0, 0.1) is 11.2 Å². The van der Waals surface area contributed by atoms with E-state index in [0.717, 1.165) is 31.1 Å². The number of benzene rings is 2. The average molecular weight is 384 g/mol. The standard InChI is InChI=1S/C19H21FN6O2/c20-16-10-12(9-13(17(16)27)11-23-25-19(21)22)18(28)24-14-3-5-15(6-4-14)26-7-1-2-8-26/h3-6,9-11,27H,1-2,7-8H2,(H,24,28)(H4,21,22,25). The third-order valence-electron chi connectivity index (χ3n) is 4.34. The highest BCUT2D eigenvalue weighted by molar-refractivity contribution is 6.05. The molecule has 0 radical (unpaired) electrons. The van der Waals surface area contributed by atoms with Gasteiger partial charge in [-0.05, 0) is 49.2 Å². The summed E-state index contributed by atoms with van der Waals surface area (Å²) in [4.78, 5) is 14.7. The predicted molar refractivity (Wildman–Crippen MR) is 107 cm³/mol. The number of nitrogens with one attached hydrogen (secondary N) is 3. The minimum absolute atomic E-state index is 0.0168. The molecule has 9 heteroatoms. The molecule has 28 heavy (non-hydrogen) atoms. The fourth-order valence-corrected chi connectivity index (χ4v) is 2.96. The van der Waals surface area contributed by atoms with Crippen LogP contribution in [0.3, 0.4) is 0 Å². The lowest BCUT2D eigenvalue weighted by molar-refractivity contribution is 0.102. The first-order chi connectivity index (χ1) is 13.4. The van der Waals surface area contributed by atoms with Gasteiger partial charge in [-0.1, -0.05) is 0 Å². The number of carbonyl (C=O) groups excluding carboxylic acids is 1. The van der Waals surface area contributed by atoms with Gasteiger partial charge in [0.2, 0.25) is 5.96 Å². The van der Waals surface area contributed by atoms with Crippen LogP contribution in [0.2, 0.25) is 0 Å². The van der Waals surface area contributed by atoms with Crippen LogP contribution in [0.4, 0.5) is 15.8 Å². The van der Waals surface area contributed by atoms with E-state index in [2.05, 4.69) is 20.7 Å². The van der Waals surface area contributed by atoms with Crippen LogP contribution in [0.25, 0.3) is 0 Å². The number of amides is 1. The summed E-state index contributed by atoms with van der Waals surface area (Å²) < 4.78 is 14.0. The number of aromatic hydroxyl groups is 1. The molecule has 2 aromatic rings. The summed E-state index contributed by atoms with van der Waals surface area (Å²) in [5.74, 6) is -2.55. The summed E-state index contributed by atoms with van der Waals surface area (Å²) >= 11 is 0. The van der Waals surface area contributed by atoms with Crippen molar-refractivity contribution in [3.63, 3.8) is 0 Å². The van der Waals surface area contributed by atoms with Crippen molar-refractivity contribution in [3.05, 3.63) is 53.3 Å². The van der Waals surface area contributed by atoms with Gasteiger partial charge < -0.3 is 21.1 Å². The summed E-state index contributed by atoms with van der Waals surface area (Å²) in [6, 6.07) is 9.69.